The molecule has 1 unspecified atom stereocenters. The number of hydrogen-bond acceptors (Lipinski definition) is 6. The van der Waals surface area contributed by atoms with Crippen LogP contribution in [-0.2, 0) is 24.6 Å². The second-order valence-corrected chi connectivity index (χ2v) is 8.89. The van der Waals surface area contributed by atoms with Crippen LogP contribution in [0.25, 0.3) is 0 Å². The number of rotatable bonds is 5. The molecule has 18 heavy (non-hydrogen) atoms. The van der Waals surface area contributed by atoms with Crippen molar-refractivity contribution in [2.45, 2.75) is 6.10 Å². The lowest BCUT2D eigenvalue weighted by atomic mass is 10.3. The van der Waals surface area contributed by atoms with Crippen molar-refractivity contribution in [3.8, 4) is 0 Å². The largest absolute Gasteiger partial charge is 0.391 e. The van der Waals surface area contributed by atoms with Gasteiger partial charge in [-0.3, -0.25) is 0 Å². The summed E-state index contributed by atoms with van der Waals surface area (Å²) in [4.78, 5) is 0.0954. The number of sulfonamides is 1. The van der Waals surface area contributed by atoms with E-state index < -0.39 is 37.5 Å². The average molecular weight is 316 g/mol. The number of nitrogens with two attached hydrogens (primary N) is 1. The van der Waals surface area contributed by atoms with Crippen LogP contribution in [0.1, 0.15) is 0 Å². The fourth-order valence-corrected chi connectivity index (χ4v) is 4.61. The highest BCUT2D eigenvalue weighted by atomic mass is 32.2. The summed E-state index contributed by atoms with van der Waals surface area (Å²) in [7, 11) is -6.94. The van der Waals surface area contributed by atoms with Crippen molar-refractivity contribution < 1.29 is 21.6 Å². The molecule has 1 heterocycles. The highest BCUT2D eigenvalue weighted by molar-refractivity contribution is 7.93. The lowest BCUT2D eigenvalue weighted by Gasteiger charge is -2.31. The molecule has 1 atom stereocenters. The van der Waals surface area contributed by atoms with Gasteiger partial charge >= 0.3 is 0 Å². The van der Waals surface area contributed by atoms with Crippen molar-refractivity contribution in [2.24, 2.45) is 5.73 Å². The summed E-state index contributed by atoms with van der Waals surface area (Å²) in [6.07, 6.45) is 0.390. The second-order valence-electron chi connectivity index (χ2n) is 4.07. The molecular weight excluding hydrogens is 300 g/mol. The third-order valence-corrected chi connectivity index (χ3v) is 5.76. The van der Waals surface area contributed by atoms with E-state index in [2.05, 4.69) is 0 Å². The molecule has 0 bridgehead atoms. The first-order valence-corrected chi connectivity index (χ1v) is 9.26. The Hall–Kier alpha value is -0.290. The molecule has 1 aliphatic heterocycles. The number of nitrogens with zero attached hydrogens (tertiary/aromatic N) is 1. The van der Waals surface area contributed by atoms with Gasteiger partial charge in [0.15, 0.2) is 0 Å². The summed E-state index contributed by atoms with van der Waals surface area (Å²) in [6, 6.07) is 0. The van der Waals surface area contributed by atoms with Crippen LogP contribution in [0.2, 0.25) is 0 Å². The van der Waals surface area contributed by atoms with Crippen molar-refractivity contribution in [1.82, 2.24) is 4.31 Å². The van der Waals surface area contributed by atoms with Crippen LogP contribution < -0.4 is 5.73 Å². The highest BCUT2D eigenvalue weighted by Crippen LogP contribution is 2.11. The summed E-state index contributed by atoms with van der Waals surface area (Å²) < 4.78 is 52.2. The molecule has 0 aromatic heterocycles. The molecule has 1 rings (SSSR count). The zero-order valence-electron chi connectivity index (χ0n) is 9.90. The molecule has 0 saturated carbocycles. The molecule has 0 amide bonds. The molecule has 0 aliphatic carbocycles. The molecule has 106 valence electrons. The standard InChI is InChI=1S/C8H16N2O5S3/c1-17(11,12)4-5-18(13,14)10-2-3-15-7(6-10)8(9)16/h7H,2-6H2,1H3,(H2,9,16). The maximum absolute atomic E-state index is 11.9. The molecule has 0 aromatic carbocycles. The van der Waals surface area contributed by atoms with Gasteiger partial charge < -0.3 is 10.5 Å². The van der Waals surface area contributed by atoms with Gasteiger partial charge in [0.2, 0.25) is 10.0 Å². The lowest BCUT2D eigenvalue weighted by molar-refractivity contribution is 0.0387. The minimum atomic E-state index is -3.62. The molecule has 2 N–H and O–H groups in total. The zero-order chi connectivity index (χ0) is 14.0. The third kappa shape index (κ3) is 4.76. The minimum Gasteiger partial charge on any atom is -0.391 e. The van der Waals surface area contributed by atoms with Crippen molar-refractivity contribution in [1.29, 1.82) is 0 Å². The Balaban J connectivity index is 2.70. The third-order valence-electron chi connectivity index (χ3n) is 2.45. The molecule has 7 nitrogen and oxygen atoms in total. The fourth-order valence-electron chi connectivity index (χ4n) is 1.44. The maximum atomic E-state index is 11.9. The molecule has 0 radical (unpaired) electrons. The monoisotopic (exact) mass is 316 g/mol. The molecule has 1 saturated heterocycles. The Kier molecular flexibility index (Phi) is 5.06. The van der Waals surface area contributed by atoms with E-state index in [1.807, 2.05) is 0 Å². The van der Waals surface area contributed by atoms with Crippen molar-refractivity contribution in [3.05, 3.63) is 0 Å². The van der Waals surface area contributed by atoms with Crippen LogP contribution in [0.15, 0.2) is 0 Å². The number of ether oxygens (including phenoxy) is 1. The summed E-state index contributed by atoms with van der Waals surface area (Å²) in [5.74, 6) is -0.833. The molecule has 1 fully saturated rings. The minimum absolute atomic E-state index is 0.0431. The van der Waals surface area contributed by atoms with Gasteiger partial charge in [0.25, 0.3) is 0 Å². The second kappa shape index (κ2) is 5.78. The van der Waals surface area contributed by atoms with E-state index in [0.717, 1.165) is 6.26 Å². The first-order chi connectivity index (χ1) is 8.12. The molecule has 0 spiro atoms. The van der Waals surface area contributed by atoms with Gasteiger partial charge in [-0.15, -0.1) is 0 Å². The molecule has 10 heteroatoms. The summed E-state index contributed by atoms with van der Waals surface area (Å²) in [6.45, 7) is 0.423. The quantitative estimate of drug-likeness (QED) is 0.605. The molecular formula is C8H16N2O5S3. The Morgan fingerprint density at radius 1 is 1.39 bits per heavy atom. The van der Waals surface area contributed by atoms with E-state index in [1.54, 1.807) is 0 Å². The normalized spacial score (nSPS) is 22.8. The van der Waals surface area contributed by atoms with Crippen LogP contribution in [0, 0.1) is 0 Å². The first-order valence-electron chi connectivity index (χ1n) is 5.18. The van der Waals surface area contributed by atoms with Crippen LogP contribution in [0.5, 0.6) is 0 Å². The molecule has 1 aliphatic rings. The van der Waals surface area contributed by atoms with Crippen LogP contribution >= 0.6 is 12.2 Å². The predicted molar refractivity (Wildman–Crippen MR) is 71.6 cm³/mol. The zero-order valence-corrected chi connectivity index (χ0v) is 12.4. The topological polar surface area (TPSA) is 107 Å². The van der Waals surface area contributed by atoms with Crippen molar-refractivity contribution >= 4 is 37.1 Å². The first kappa shape index (κ1) is 15.8. The van der Waals surface area contributed by atoms with Gasteiger partial charge in [-0.05, 0) is 0 Å². The maximum Gasteiger partial charge on any atom is 0.215 e. The van der Waals surface area contributed by atoms with Gasteiger partial charge in [0.05, 0.1) is 18.1 Å². The van der Waals surface area contributed by atoms with Crippen LogP contribution in [0.3, 0.4) is 0 Å². The molecule has 0 aromatic rings. The van der Waals surface area contributed by atoms with E-state index in [1.165, 1.54) is 4.31 Å². The van der Waals surface area contributed by atoms with Crippen molar-refractivity contribution in [3.63, 3.8) is 0 Å². The Morgan fingerprint density at radius 2 is 2.00 bits per heavy atom. The Morgan fingerprint density at radius 3 is 2.50 bits per heavy atom. The van der Waals surface area contributed by atoms with E-state index in [-0.39, 0.29) is 24.7 Å². The van der Waals surface area contributed by atoms with Crippen LogP contribution in [-0.4, -0.2) is 69.7 Å². The smallest absolute Gasteiger partial charge is 0.215 e. The number of morpholine rings is 1. The van der Waals surface area contributed by atoms with E-state index in [0.29, 0.717) is 0 Å². The van der Waals surface area contributed by atoms with E-state index in [4.69, 9.17) is 22.7 Å². The van der Waals surface area contributed by atoms with Gasteiger partial charge in [0.1, 0.15) is 20.9 Å². The number of thiocarbonyl (C=S) groups is 1. The van der Waals surface area contributed by atoms with Gasteiger partial charge in [-0.1, -0.05) is 12.2 Å². The predicted octanol–water partition coefficient (Wildman–Crippen LogP) is -1.65. The number of sulfone groups is 1. The number of hydrogen-bond donors (Lipinski definition) is 1. The van der Waals surface area contributed by atoms with E-state index in [9.17, 15) is 16.8 Å². The van der Waals surface area contributed by atoms with Gasteiger partial charge in [-0.2, -0.15) is 4.31 Å². The van der Waals surface area contributed by atoms with Crippen molar-refractivity contribution in [2.75, 3.05) is 37.5 Å². The fraction of sp³-hybridized carbons (Fsp3) is 0.875. The highest BCUT2D eigenvalue weighted by Gasteiger charge is 2.31. The summed E-state index contributed by atoms with van der Waals surface area (Å²) in [5, 5.41) is 0. The SMILES string of the molecule is CS(=O)(=O)CCS(=O)(=O)N1CCOC(C(N)=S)C1. The van der Waals surface area contributed by atoms with E-state index >= 15 is 0 Å². The Bertz CT molecular complexity index is 513. The lowest BCUT2D eigenvalue weighted by Crippen LogP contribution is -2.50. The van der Waals surface area contributed by atoms with Gasteiger partial charge in [0, 0.05) is 19.3 Å². The average Bonchev–Trinajstić information content (AvgIpc) is 2.26. The summed E-state index contributed by atoms with van der Waals surface area (Å²) in [5.41, 5.74) is 5.40. The van der Waals surface area contributed by atoms with Crippen LogP contribution in [0.4, 0.5) is 0 Å². The summed E-state index contributed by atoms with van der Waals surface area (Å²) >= 11 is 4.75. The van der Waals surface area contributed by atoms with Gasteiger partial charge in [-0.25, -0.2) is 16.8 Å². The Labute approximate surface area is 112 Å².